The Hall–Kier alpha value is -2.12. The highest BCUT2D eigenvalue weighted by Gasteiger charge is 2.56. The van der Waals surface area contributed by atoms with Crippen LogP contribution >= 0.6 is 0 Å². The average Bonchev–Trinajstić information content (AvgIpc) is 3.22. The average molecular weight is 821 g/mol. The minimum absolute atomic E-state index is 0.229. The lowest BCUT2D eigenvalue weighted by Gasteiger charge is -2.59. The van der Waals surface area contributed by atoms with Gasteiger partial charge in [-0.05, 0) is 173 Å². The number of phenols is 2. The summed E-state index contributed by atoms with van der Waals surface area (Å²) in [7, 11) is 0. The third-order valence-electron chi connectivity index (χ3n) is 19.0. The van der Waals surface area contributed by atoms with Gasteiger partial charge in [0.15, 0.2) is 0 Å². The van der Waals surface area contributed by atoms with Crippen LogP contribution in [-0.4, -0.2) is 68.5 Å². The van der Waals surface area contributed by atoms with E-state index in [9.17, 15) is 20.4 Å². The number of aliphatic hydroxyl groups is 2. The van der Waals surface area contributed by atoms with Gasteiger partial charge < -0.3 is 20.4 Å². The maximum atomic E-state index is 11.4. The molecule has 4 bridgehead atoms. The van der Waals surface area contributed by atoms with Crippen LogP contribution in [0.1, 0.15) is 213 Å². The number of rotatable bonds is 17. The maximum absolute atomic E-state index is 11.4. The molecule has 0 aromatic heterocycles. The second-order valence-corrected chi connectivity index (χ2v) is 22.2. The molecule has 2 saturated heterocycles. The molecule has 6 heteroatoms. The van der Waals surface area contributed by atoms with Gasteiger partial charge in [0.2, 0.25) is 0 Å². The number of nitrogens with zero attached hydrogens (tertiary/aromatic N) is 2. The van der Waals surface area contributed by atoms with E-state index < -0.39 is 12.2 Å². The van der Waals surface area contributed by atoms with Crippen LogP contribution in [0.25, 0.3) is 0 Å². The minimum Gasteiger partial charge on any atom is -0.508 e. The molecule has 2 aliphatic heterocycles. The van der Waals surface area contributed by atoms with Crippen molar-refractivity contribution in [1.82, 2.24) is 9.80 Å². The number of aromatic hydroxyl groups is 2. The van der Waals surface area contributed by atoms with Gasteiger partial charge in [0.1, 0.15) is 11.5 Å². The molecule has 330 valence electrons. The van der Waals surface area contributed by atoms with Crippen LogP contribution < -0.4 is 0 Å². The fourth-order valence-corrected chi connectivity index (χ4v) is 15.4. The Morgan fingerprint density at radius 1 is 0.500 bits per heavy atom. The SMILES string of the molecule is Oc1cc2c(cc1C(O)CCCCCCCCCCC(O)c1cc3c(cc1O)[C@@]14CCCC[C@H]1[C@@H](C3)N(CC1CCC1)CC4)C[C@@H]1[C@@H]3CCCC[C@]23CCN1CC1CCC1. The Balaban J connectivity index is 0.664. The molecule has 6 nitrogen and oxygen atoms in total. The Morgan fingerprint density at radius 3 is 1.32 bits per heavy atom. The number of phenolic OH excluding ortho intramolecular Hbond substituents is 2. The summed E-state index contributed by atoms with van der Waals surface area (Å²) in [6.07, 6.45) is 32.8. The van der Waals surface area contributed by atoms with Gasteiger partial charge in [-0.2, -0.15) is 0 Å². The van der Waals surface area contributed by atoms with Gasteiger partial charge in [-0.15, -0.1) is 0 Å². The van der Waals surface area contributed by atoms with Crippen molar-refractivity contribution in [2.45, 2.75) is 215 Å². The molecule has 2 heterocycles. The molecule has 4 saturated carbocycles. The fraction of sp³-hybridized carbons (Fsp3) is 0.778. The second kappa shape index (κ2) is 17.8. The zero-order valence-corrected chi connectivity index (χ0v) is 37.2. The first-order valence-electron chi connectivity index (χ1n) is 25.9. The summed E-state index contributed by atoms with van der Waals surface area (Å²) < 4.78 is 0. The maximum Gasteiger partial charge on any atom is 0.121 e. The third kappa shape index (κ3) is 7.80. The van der Waals surface area contributed by atoms with Gasteiger partial charge in [0, 0.05) is 47.1 Å². The van der Waals surface area contributed by atoms with Gasteiger partial charge in [0.25, 0.3) is 0 Å². The molecule has 60 heavy (non-hydrogen) atoms. The van der Waals surface area contributed by atoms with E-state index in [1.807, 2.05) is 0 Å². The van der Waals surface area contributed by atoms with Crippen molar-refractivity contribution >= 4 is 0 Å². The van der Waals surface area contributed by atoms with Gasteiger partial charge in [-0.1, -0.05) is 89.9 Å². The third-order valence-corrected chi connectivity index (χ3v) is 19.0. The van der Waals surface area contributed by atoms with E-state index in [2.05, 4.69) is 34.1 Å². The summed E-state index contributed by atoms with van der Waals surface area (Å²) in [4.78, 5) is 5.73. The number of fused-ring (bicyclic) bond motifs is 2. The molecular formula is C54H80N2O4. The highest BCUT2D eigenvalue weighted by molar-refractivity contribution is 5.51. The number of aliphatic hydroxyl groups excluding tert-OH is 2. The van der Waals surface area contributed by atoms with Gasteiger partial charge in [-0.25, -0.2) is 0 Å². The summed E-state index contributed by atoms with van der Waals surface area (Å²) in [5.74, 6) is 3.90. The number of hydrogen-bond donors (Lipinski definition) is 4. The molecule has 0 spiro atoms. The first-order chi connectivity index (χ1) is 29.3. The monoisotopic (exact) mass is 821 g/mol. The second-order valence-electron chi connectivity index (χ2n) is 22.2. The molecule has 0 radical (unpaired) electrons. The van der Waals surface area contributed by atoms with E-state index >= 15 is 0 Å². The molecule has 10 rings (SSSR count). The van der Waals surface area contributed by atoms with E-state index in [1.165, 1.54) is 177 Å². The molecule has 6 aliphatic carbocycles. The first-order valence-corrected chi connectivity index (χ1v) is 25.9. The van der Waals surface area contributed by atoms with Gasteiger partial charge >= 0.3 is 0 Å². The van der Waals surface area contributed by atoms with Crippen LogP contribution in [0, 0.1) is 23.7 Å². The number of benzene rings is 2. The predicted octanol–water partition coefficient (Wildman–Crippen LogP) is 11.5. The number of piperidine rings is 2. The summed E-state index contributed by atoms with van der Waals surface area (Å²) in [5.41, 5.74) is 7.67. The Kier molecular flexibility index (Phi) is 12.4. The van der Waals surface area contributed by atoms with Gasteiger partial charge in [0.05, 0.1) is 12.2 Å². The van der Waals surface area contributed by atoms with Crippen LogP contribution in [-0.2, 0) is 23.7 Å². The molecule has 2 aromatic rings. The quantitative estimate of drug-likeness (QED) is 0.119. The van der Waals surface area contributed by atoms with Crippen LogP contribution in [0.15, 0.2) is 24.3 Å². The summed E-state index contributed by atoms with van der Waals surface area (Å²) in [5, 5.41) is 45.4. The van der Waals surface area contributed by atoms with E-state index in [-0.39, 0.29) is 10.8 Å². The zero-order chi connectivity index (χ0) is 40.8. The fourth-order valence-electron chi connectivity index (χ4n) is 15.4. The molecule has 0 amide bonds. The summed E-state index contributed by atoms with van der Waals surface area (Å²) >= 11 is 0. The van der Waals surface area contributed by atoms with Crippen LogP contribution in [0.3, 0.4) is 0 Å². The molecule has 6 fully saturated rings. The summed E-state index contributed by atoms with van der Waals surface area (Å²) in [6, 6.07) is 9.93. The predicted molar refractivity (Wildman–Crippen MR) is 242 cm³/mol. The van der Waals surface area contributed by atoms with Gasteiger partial charge in [-0.3, -0.25) is 9.80 Å². The van der Waals surface area contributed by atoms with E-state index in [0.29, 0.717) is 36.4 Å². The van der Waals surface area contributed by atoms with Crippen molar-refractivity contribution in [3.63, 3.8) is 0 Å². The number of likely N-dealkylation sites (tertiary alicyclic amines) is 2. The topological polar surface area (TPSA) is 87.4 Å². The van der Waals surface area contributed by atoms with E-state index in [1.54, 1.807) is 0 Å². The van der Waals surface area contributed by atoms with E-state index in [4.69, 9.17) is 0 Å². The lowest BCUT2D eigenvalue weighted by molar-refractivity contribution is -0.0241. The number of hydrogen-bond acceptors (Lipinski definition) is 6. The van der Waals surface area contributed by atoms with Crippen molar-refractivity contribution < 1.29 is 20.4 Å². The van der Waals surface area contributed by atoms with Crippen molar-refractivity contribution in [1.29, 1.82) is 0 Å². The van der Waals surface area contributed by atoms with Crippen LogP contribution in [0.2, 0.25) is 0 Å². The molecule has 2 aromatic carbocycles. The summed E-state index contributed by atoms with van der Waals surface area (Å²) in [6.45, 7) is 4.99. The zero-order valence-electron chi connectivity index (χ0n) is 37.2. The van der Waals surface area contributed by atoms with Crippen molar-refractivity contribution in [3.05, 3.63) is 57.6 Å². The lowest BCUT2D eigenvalue weighted by atomic mass is 9.52. The smallest absolute Gasteiger partial charge is 0.121 e. The largest absolute Gasteiger partial charge is 0.508 e. The normalized spacial score (nSPS) is 32.5. The lowest BCUT2D eigenvalue weighted by Crippen LogP contribution is -2.61. The van der Waals surface area contributed by atoms with E-state index in [0.717, 1.165) is 73.3 Å². The van der Waals surface area contributed by atoms with Crippen LogP contribution in [0.4, 0.5) is 0 Å². The molecule has 8 aliphatic rings. The first kappa shape index (κ1) is 41.9. The van der Waals surface area contributed by atoms with Crippen molar-refractivity contribution in [3.8, 4) is 11.5 Å². The Morgan fingerprint density at radius 2 is 0.917 bits per heavy atom. The van der Waals surface area contributed by atoms with Crippen LogP contribution in [0.5, 0.6) is 11.5 Å². The number of unbranched alkanes of at least 4 members (excludes halogenated alkanes) is 7. The Labute approximate surface area is 362 Å². The molecule has 4 N–H and O–H groups in total. The molecular weight excluding hydrogens is 741 g/mol. The molecule has 8 atom stereocenters. The Bertz CT molecular complexity index is 1670. The standard InChI is InChI=1S/C54H80N2O4/c57-49(41-29-39-31-47-43-19-9-11-23-53(43,45(39)33-51(41)59)25-27-55(47)35-37-15-13-16-37)21-7-5-3-1-2-4-6-8-22-50(58)42-30-40-32-48-44-20-10-12-24-54(44,46(40)34-52(42)60)26-28-56(48)36-38-17-14-18-38/h29-30,33-34,37-38,43-44,47-50,57-60H,1-28,31-32,35-36H2/t43-,44-,47+,48+,49?,50?,53+,54+/m0/s1. The molecule has 2 unspecified atom stereocenters. The minimum atomic E-state index is -0.598. The highest BCUT2D eigenvalue weighted by Crippen LogP contribution is 2.59. The van der Waals surface area contributed by atoms with Crippen molar-refractivity contribution in [2.75, 3.05) is 26.2 Å². The highest BCUT2D eigenvalue weighted by atomic mass is 16.3. The van der Waals surface area contributed by atoms with Crippen molar-refractivity contribution in [2.24, 2.45) is 23.7 Å².